The van der Waals surface area contributed by atoms with Crippen LogP contribution in [0.5, 0.6) is 5.75 Å². The standard InChI is InChI=1S/C16H17BrFNO3/c17-14-6-12(19-8-13(21)9-20)7-15(18)16(14)22-10-11-4-2-1-3-5-11/h1-7,13,19-21H,8-10H2. The van der Waals surface area contributed by atoms with Crippen LogP contribution in [0, 0.1) is 5.82 Å². The Labute approximate surface area is 136 Å². The van der Waals surface area contributed by atoms with Gasteiger partial charge in [0.2, 0.25) is 0 Å². The predicted molar refractivity (Wildman–Crippen MR) is 86.5 cm³/mol. The van der Waals surface area contributed by atoms with E-state index in [0.717, 1.165) is 5.56 Å². The van der Waals surface area contributed by atoms with Gasteiger partial charge in [-0.25, -0.2) is 4.39 Å². The molecule has 0 aliphatic carbocycles. The van der Waals surface area contributed by atoms with E-state index in [4.69, 9.17) is 9.84 Å². The molecule has 2 aromatic rings. The van der Waals surface area contributed by atoms with Gasteiger partial charge in [-0.05, 0) is 27.6 Å². The molecule has 0 aliphatic heterocycles. The number of benzene rings is 2. The smallest absolute Gasteiger partial charge is 0.169 e. The van der Waals surface area contributed by atoms with Crippen molar-refractivity contribution >= 4 is 21.6 Å². The van der Waals surface area contributed by atoms with Gasteiger partial charge in [0.15, 0.2) is 11.6 Å². The Bertz CT molecular complexity index is 587. The summed E-state index contributed by atoms with van der Waals surface area (Å²) in [5, 5.41) is 20.9. The van der Waals surface area contributed by atoms with E-state index < -0.39 is 11.9 Å². The molecule has 3 N–H and O–H groups in total. The first-order valence-electron chi connectivity index (χ1n) is 6.78. The molecule has 2 aromatic carbocycles. The van der Waals surface area contributed by atoms with E-state index in [1.807, 2.05) is 30.3 Å². The van der Waals surface area contributed by atoms with Crippen molar-refractivity contribution in [2.45, 2.75) is 12.7 Å². The predicted octanol–water partition coefficient (Wildman–Crippen LogP) is 2.93. The molecule has 0 radical (unpaired) electrons. The lowest BCUT2D eigenvalue weighted by atomic mass is 10.2. The number of hydrogen-bond acceptors (Lipinski definition) is 4. The highest BCUT2D eigenvalue weighted by Crippen LogP contribution is 2.32. The van der Waals surface area contributed by atoms with Gasteiger partial charge in [-0.1, -0.05) is 30.3 Å². The molecule has 0 saturated carbocycles. The van der Waals surface area contributed by atoms with Crippen LogP contribution in [0.25, 0.3) is 0 Å². The third kappa shape index (κ3) is 4.69. The van der Waals surface area contributed by atoms with Gasteiger partial charge in [0.25, 0.3) is 0 Å². The summed E-state index contributed by atoms with van der Waals surface area (Å²) in [5.41, 5.74) is 1.44. The van der Waals surface area contributed by atoms with Gasteiger partial charge < -0.3 is 20.3 Å². The molecular weight excluding hydrogens is 353 g/mol. The highest BCUT2D eigenvalue weighted by atomic mass is 79.9. The Hall–Kier alpha value is -1.63. The number of aliphatic hydroxyl groups is 2. The van der Waals surface area contributed by atoms with Crippen LogP contribution in [0.1, 0.15) is 5.56 Å². The fraction of sp³-hybridized carbons (Fsp3) is 0.250. The van der Waals surface area contributed by atoms with Crippen molar-refractivity contribution in [3.8, 4) is 5.75 Å². The fourth-order valence-electron chi connectivity index (χ4n) is 1.83. The molecule has 22 heavy (non-hydrogen) atoms. The van der Waals surface area contributed by atoms with E-state index in [1.54, 1.807) is 6.07 Å². The Kier molecular flexibility index (Phi) is 6.18. The topological polar surface area (TPSA) is 61.7 Å². The van der Waals surface area contributed by atoms with Gasteiger partial charge >= 0.3 is 0 Å². The second-order valence-electron chi connectivity index (χ2n) is 4.76. The molecule has 0 aromatic heterocycles. The van der Waals surface area contributed by atoms with Gasteiger partial charge in [0.1, 0.15) is 6.61 Å². The van der Waals surface area contributed by atoms with Gasteiger partial charge in [-0.2, -0.15) is 0 Å². The van der Waals surface area contributed by atoms with Crippen molar-refractivity contribution in [2.24, 2.45) is 0 Å². The lowest BCUT2D eigenvalue weighted by Gasteiger charge is -2.14. The number of ether oxygens (including phenoxy) is 1. The van der Waals surface area contributed by atoms with Gasteiger partial charge in [-0.15, -0.1) is 0 Å². The number of halogens is 2. The maximum absolute atomic E-state index is 14.1. The Morgan fingerprint density at radius 1 is 1.23 bits per heavy atom. The monoisotopic (exact) mass is 369 g/mol. The first kappa shape index (κ1) is 16.7. The van der Waals surface area contributed by atoms with E-state index in [0.29, 0.717) is 10.2 Å². The molecule has 0 fully saturated rings. The van der Waals surface area contributed by atoms with E-state index in [-0.39, 0.29) is 25.5 Å². The summed E-state index contributed by atoms with van der Waals surface area (Å²) < 4.78 is 20.1. The molecule has 0 saturated heterocycles. The van der Waals surface area contributed by atoms with Crippen LogP contribution >= 0.6 is 15.9 Å². The summed E-state index contributed by atoms with van der Waals surface area (Å²) in [5.74, 6) is -0.372. The van der Waals surface area contributed by atoms with Crippen molar-refractivity contribution in [2.75, 3.05) is 18.5 Å². The second kappa shape index (κ2) is 8.12. The minimum absolute atomic E-state index is 0.132. The number of hydrogen-bond donors (Lipinski definition) is 3. The first-order valence-corrected chi connectivity index (χ1v) is 7.58. The summed E-state index contributed by atoms with van der Waals surface area (Å²) in [6, 6.07) is 12.4. The summed E-state index contributed by atoms with van der Waals surface area (Å²) in [4.78, 5) is 0. The fourth-order valence-corrected chi connectivity index (χ4v) is 2.38. The summed E-state index contributed by atoms with van der Waals surface area (Å²) in [6.45, 7) is 0.0495. The van der Waals surface area contributed by atoms with Crippen LogP contribution in [0.2, 0.25) is 0 Å². The van der Waals surface area contributed by atoms with Crippen LogP contribution in [0.4, 0.5) is 10.1 Å². The van der Waals surface area contributed by atoms with Crippen molar-refractivity contribution in [1.29, 1.82) is 0 Å². The highest BCUT2D eigenvalue weighted by molar-refractivity contribution is 9.10. The van der Waals surface area contributed by atoms with Crippen LogP contribution in [-0.2, 0) is 6.61 Å². The quantitative estimate of drug-likeness (QED) is 0.702. The molecule has 6 heteroatoms. The van der Waals surface area contributed by atoms with Crippen molar-refractivity contribution in [3.63, 3.8) is 0 Å². The Morgan fingerprint density at radius 2 is 1.95 bits per heavy atom. The molecule has 2 rings (SSSR count). The van der Waals surface area contributed by atoms with E-state index in [9.17, 15) is 9.50 Å². The molecule has 1 unspecified atom stereocenters. The Morgan fingerprint density at radius 3 is 2.59 bits per heavy atom. The zero-order valence-electron chi connectivity index (χ0n) is 11.8. The van der Waals surface area contributed by atoms with E-state index >= 15 is 0 Å². The number of aliphatic hydroxyl groups excluding tert-OH is 2. The van der Waals surface area contributed by atoms with Gasteiger partial charge in [0.05, 0.1) is 17.2 Å². The summed E-state index contributed by atoms with van der Waals surface area (Å²) in [6.07, 6.45) is -0.893. The molecule has 0 amide bonds. The van der Waals surface area contributed by atoms with Crippen LogP contribution in [0.15, 0.2) is 46.9 Å². The van der Waals surface area contributed by atoms with Crippen molar-refractivity contribution in [1.82, 2.24) is 0 Å². The molecule has 0 heterocycles. The third-order valence-corrected chi connectivity index (χ3v) is 3.57. The SMILES string of the molecule is OCC(O)CNc1cc(F)c(OCc2ccccc2)c(Br)c1. The molecule has 4 nitrogen and oxygen atoms in total. The van der Waals surface area contributed by atoms with Gasteiger partial charge in [-0.3, -0.25) is 0 Å². The van der Waals surface area contributed by atoms with Crippen LogP contribution < -0.4 is 10.1 Å². The third-order valence-electron chi connectivity index (χ3n) is 2.98. The summed E-state index contributed by atoms with van der Waals surface area (Å²) in [7, 11) is 0. The minimum Gasteiger partial charge on any atom is -0.485 e. The van der Waals surface area contributed by atoms with E-state index in [2.05, 4.69) is 21.2 Å². The normalized spacial score (nSPS) is 12.0. The summed E-state index contributed by atoms with van der Waals surface area (Å²) >= 11 is 3.28. The lowest BCUT2D eigenvalue weighted by molar-refractivity contribution is 0.105. The molecule has 1 atom stereocenters. The number of anilines is 1. The Balaban J connectivity index is 2.03. The van der Waals surface area contributed by atoms with E-state index in [1.165, 1.54) is 6.07 Å². The van der Waals surface area contributed by atoms with Crippen LogP contribution in [-0.4, -0.2) is 29.5 Å². The average Bonchev–Trinajstić information content (AvgIpc) is 2.52. The molecule has 0 spiro atoms. The number of nitrogens with one attached hydrogen (secondary N) is 1. The largest absolute Gasteiger partial charge is 0.485 e. The van der Waals surface area contributed by atoms with Crippen LogP contribution in [0.3, 0.4) is 0 Å². The van der Waals surface area contributed by atoms with Crippen molar-refractivity contribution in [3.05, 3.63) is 58.3 Å². The maximum atomic E-state index is 14.1. The number of rotatable bonds is 7. The van der Waals surface area contributed by atoms with Gasteiger partial charge in [0, 0.05) is 18.3 Å². The molecule has 118 valence electrons. The molecular formula is C16H17BrFNO3. The molecule has 0 bridgehead atoms. The average molecular weight is 370 g/mol. The first-order chi connectivity index (χ1) is 10.6. The highest BCUT2D eigenvalue weighted by Gasteiger charge is 2.12. The zero-order valence-corrected chi connectivity index (χ0v) is 13.4. The van der Waals surface area contributed by atoms with Crippen molar-refractivity contribution < 1.29 is 19.3 Å². The maximum Gasteiger partial charge on any atom is 0.169 e. The minimum atomic E-state index is -0.893. The second-order valence-corrected chi connectivity index (χ2v) is 5.61. The zero-order chi connectivity index (χ0) is 15.9. The lowest BCUT2D eigenvalue weighted by Crippen LogP contribution is -2.23. The molecule has 0 aliphatic rings.